The second kappa shape index (κ2) is 8.09. The maximum atomic E-state index is 11.7. The van der Waals surface area contributed by atoms with Gasteiger partial charge in [0.1, 0.15) is 0 Å². The molecule has 1 aromatic rings. The molecule has 0 amide bonds. The molecule has 0 radical (unpaired) electrons. The smallest absolute Gasteiger partial charge is 0.233 e. The highest BCUT2D eigenvalue weighted by atomic mass is 32.2. The largest absolute Gasteiger partial charge is 0.314 e. The topological polar surface area (TPSA) is 58.2 Å². The molecule has 2 N–H and O–H groups in total. The highest BCUT2D eigenvalue weighted by Crippen LogP contribution is 2.02. The number of hydrogen-bond acceptors (Lipinski definition) is 3. The Hall–Kier alpha value is -1.17. The van der Waals surface area contributed by atoms with Crippen LogP contribution >= 0.6 is 0 Å². The van der Waals surface area contributed by atoms with E-state index in [2.05, 4.69) is 23.9 Å². The van der Waals surface area contributed by atoms with Crippen LogP contribution in [-0.4, -0.2) is 27.5 Å². The van der Waals surface area contributed by atoms with E-state index in [1.807, 2.05) is 30.3 Å². The minimum Gasteiger partial charge on any atom is -0.314 e. The SMILES string of the molecule is CC(C)NCCCNS(=O)(=O)/C=C/c1ccccc1. The molecule has 19 heavy (non-hydrogen) atoms. The lowest BCUT2D eigenvalue weighted by Gasteiger charge is -2.07. The summed E-state index contributed by atoms with van der Waals surface area (Å²) in [5.74, 6) is 0. The minimum atomic E-state index is -3.34. The summed E-state index contributed by atoms with van der Waals surface area (Å²) in [7, 11) is -3.34. The predicted octanol–water partition coefficient (Wildman–Crippen LogP) is 1.96. The molecule has 0 saturated carbocycles. The van der Waals surface area contributed by atoms with Gasteiger partial charge in [-0.2, -0.15) is 0 Å². The van der Waals surface area contributed by atoms with E-state index in [9.17, 15) is 8.42 Å². The van der Waals surface area contributed by atoms with Gasteiger partial charge < -0.3 is 5.32 Å². The summed E-state index contributed by atoms with van der Waals surface area (Å²) in [5, 5.41) is 4.44. The number of nitrogens with one attached hydrogen (secondary N) is 2. The third-order valence-corrected chi connectivity index (χ3v) is 3.55. The summed E-state index contributed by atoms with van der Waals surface area (Å²) in [4.78, 5) is 0. The Morgan fingerprint density at radius 1 is 1.16 bits per heavy atom. The van der Waals surface area contributed by atoms with E-state index in [-0.39, 0.29) is 0 Å². The van der Waals surface area contributed by atoms with E-state index < -0.39 is 10.0 Å². The van der Waals surface area contributed by atoms with Crippen molar-refractivity contribution in [2.75, 3.05) is 13.1 Å². The van der Waals surface area contributed by atoms with E-state index in [0.29, 0.717) is 12.6 Å². The molecule has 0 bridgehead atoms. The molecule has 1 aromatic carbocycles. The molecule has 4 nitrogen and oxygen atoms in total. The van der Waals surface area contributed by atoms with Gasteiger partial charge in [0.2, 0.25) is 10.0 Å². The summed E-state index contributed by atoms with van der Waals surface area (Å²) in [6.45, 7) is 5.38. The minimum absolute atomic E-state index is 0.426. The first-order chi connectivity index (χ1) is 8.99. The fraction of sp³-hybridized carbons (Fsp3) is 0.429. The standard InChI is InChI=1S/C14H22N2O2S/c1-13(2)15-10-6-11-16-19(17,18)12-9-14-7-4-3-5-8-14/h3-5,7-9,12-13,15-16H,6,10-11H2,1-2H3/b12-9+. The predicted molar refractivity (Wildman–Crippen MR) is 80.2 cm³/mol. The molecule has 0 aliphatic rings. The molecule has 5 heteroatoms. The highest BCUT2D eigenvalue weighted by molar-refractivity contribution is 7.92. The van der Waals surface area contributed by atoms with Gasteiger partial charge in [-0.15, -0.1) is 0 Å². The lowest BCUT2D eigenvalue weighted by molar-refractivity contribution is 0.558. The van der Waals surface area contributed by atoms with Crippen LogP contribution in [-0.2, 0) is 10.0 Å². The van der Waals surface area contributed by atoms with Crippen molar-refractivity contribution in [2.24, 2.45) is 0 Å². The molecular weight excluding hydrogens is 260 g/mol. The number of rotatable bonds is 8. The van der Waals surface area contributed by atoms with Crippen molar-refractivity contribution in [3.63, 3.8) is 0 Å². The fourth-order valence-corrected chi connectivity index (χ4v) is 2.34. The van der Waals surface area contributed by atoms with Crippen molar-refractivity contribution >= 4 is 16.1 Å². The normalized spacial score (nSPS) is 12.4. The Labute approximate surface area is 116 Å². The maximum absolute atomic E-state index is 11.7. The third kappa shape index (κ3) is 7.77. The summed E-state index contributed by atoms with van der Waals surface area (Å²) in [5.41, 5.74) is 0.870. The first kappa shape index (κ1) is 15.9. The van der Waals surface area contributed by atoms with E-state index in [4.69, 9.17) is 0 Å². The van der Waals surface area contributed by atoms with Crippen molar-refractivity contribution in [2.45, 2.75) is 26.3 Å². The van der Waals surface area contributed by atoms with Gasteiger partial charge >= 0.3 is 0 Å². The number of sulfonamides is 1. The van der Waals surface area contributed by atoms with Gasteiger partial charge in [0.05, 0.1) is 0 Å². The molecule has 0 aliphatic heterocycles. The summed E-state index contributed by atoms with van der Waals surface area (Å²) in [6, 6.07) is 9.78. The van der Waals surface area contributed by atoms with Gasteiger partial charge in [0.15, 0.2) is 0 Å². The zero-order valence-corrected chi connectivity index (χ0v) is 12.3. The highest BCUT2D eigenvalue weighted by Gasteiger charge is 2.03. The lowest BCUT2D eigenvalue weighted by atomic mass is 10.2. The second-order valence-electron chi connectivity index (χ2n) is 4.62. The van der Waals surface area contributed by atoms with Gasteiger partial charge in [-0.1, -0.05) is 44.2 Å². The molecule has 0 unspecified atom stereocenters. The van der Waals surface area contributed by atoms with E-state index in [1.165, 1.54) is 5.41 Å². The van der Waals surface area contributed by atoms with Crippen LogP contribution in [0.4, 0.5) is 0 Å². The van der Waals surface area contributed by atoms with E-state index in [0.717, 1.165) is 18.5 Å². The zero-order chi connectivity index (χ0) is 14.1. The second-order valence-corrected chi connectivity index (χ2v) is 6.27. The number of benzene rings is 1. The Bertz CT molecular complexity index is 481. The van der Waals surface area contributed by atoms with Gasteiger partial charge in [-0.25, -0.2) is 13.1 Å². The average molecular weight is 282 g/mol. The Morgan fingerprint density at radius 3 is 2.47 bits per heavy atom. The van der Waals surface area contributed by atoms with Crippen molar-refractivity contribution in [1.29, 1.82) is 0 Å². The van der Waals surface area contributed by atoms with Crippen molar-refractivity contribution in [1.82, 2.24) is 10.0 Å². The van der Waals surface area contributed by atoms with Crippen LogP contribution in [0.15, 0.2) is 35.7 Å². The van der Waals surface area contributed by atoms with Crippen molar-refractivity contribution in [3.8, 4) is 0 Å². The van der Waals surface area contributed by atoms with Crippen LogP contribution in [0.2, 0.25) is 0 Å². The maximum Gasteiger partial charge on any atom is 0.233 e. The monoisotopic (exact) mass is 282 g/mol. The quantitative estimate of drug-likeness (QED) is 0.717. The molecular formula is C14H22N2O2S. The molecule has 0 heterocycles. The molecule has 0 atom stereocenters. The van der Waals surface area contributed by atoms with Crippen LogP contribution in [0.25, 0.3) is 6.08 Å². The van der Waals surface area contributed by atoms with Gasteiger partial charge in [0, 0.05) is 18.0 Å². The van der Waals surface area contributed by atoms with Gasteiger partial charge in [0.25, 0.3) is 0 Å². The Balaban J connectivity index is 2.34. The molecule has 0 saturated heterocycles. The molecule has 106 valence electrons. The zero-order valence-electron chi connectivity index (χ0n) is 11.5. The molecule has 0 aromatic heterocycles. The van der Waals surface area contributed by atoms with Crippen LogP contribution < -0.4 is 10.0 Å². The molecule has 0 aliphatic carbocycles. The number of hydrogen-bond donors (Lipinski definition) is 2. The molecule has 0 spiro atoms. The molecule has 1 rings (SSSR count). The van der Waals surface area contributed by atoms with Crippen molar-refractivity contribution in [3.05, 3.63) is 41.3 Å². The third-order valence-electron chi connectivity index (χ3n) is 2.45. The van der Waals surface area contributed by atoms with Gasteiger partial charge in [-0.05, 0) is 24.6 Å². The molecule has 0 fully saturated rings. The Kier molecular flexibility index (Phi) is 6.77. The summed E-state index contributed by atoms with van der Waals surface area (Å²) >= 11 is 0. The van der Waals surface area contributed by atoms with Crippen LogP contribution in [0.5, 0.6) is 0 Å². The fourth-order valence-electron chi connectivity index (χ4n) is 1.47. The van der Waals surface area contributed by atoms with Crippen LogP contribution in [0, 0.1) is 0 Å². The van der Waals surface area contributed by atoms with Gasteiger partial charge in [-0.3, -0.25) is 0 Å². The Morgan fingerprint density at radius 2 is 1.84 bits per heavy atom. The lowest BCUT2D eigenvalue weighted by Crippen LogP contribution is -2.28. The van der Waals surface area contributed by atoms with E-state index >= 15 is 0 Å². The van der Waals surface area contributed by atoms with Crippen molar-refractivity contribution < 1.29 is 8.42 Å². The average Bonchev–Trinajstić information content (AvgIpc) is 2.37. The summed E-state index contributed by atoms with van der Waals surface area (Å²) < 4.78 is 25.9. The first-order valence-corrected chi connectivity index (χ1v) is 8.00. The first-order valence-electron chi connectivity index (χ1n) is 6.46. The van der Waals surface area contributed by atoms with Crippen LogP contribution in [0.3, 0.4) is 0 Å². The van der Waals surface area contributed by atoms with Crippen LogP contribution in [0.1, 0.15) is 25.8 Å². The van der Waals surface area contributed by atoms with E-state index in [1.54, 1.807) is 6.08 Å². The summed E-state index contributed by atoms with van der Waals surface area (Å²) in [6.07, 6.45) is 2.37.